The number of carbonyl (C=O) groups is 1. The Labute approximate surface area is 253 Å². The van der Waals surface area contributed by atoms with Crippen molar-refractivity contribution in [3.63, 3.8) is 0 Å². The highest BCUT2D eigenvalue weighted by Gasteiger charge is 2.25. The molecule has 0 bridgehead atoms. The van der Waals surface area contributed by atoms with E-state index in [4.69, 9.17) is 9.47 Å². The number of nitrogens with zero attached hydrogens (tertiary/aromatic N) is 5. The van der Waals surface area contributed by atoms with Gasteiger partial charge >= 0.3 is 6.03 Å². The molecule has 0 spiro atoms. The zero-order chi connectivity index (χ0) is 30.3. The molecule has 0 unspecified atom stereocenters. The summed E-state index contributed by atoms with van der Waals surface area (Å²) in [5.41, 5.74) is 4.86. The van der Waals surface area contributed by atoms with Gasteiger partial charge in [-0.3, -0.25) is 0 Å². The van der Waals surface area contributed by atoms with Gasteiger partial charge in [-0.25, -0.2) is 19.7 Å². The second kappa shape index (κ2) is 13.3. The molecule has 0 radical (unpaired) electrons. The monoisotopic (exact) mass is 579 g/mol. The van der Waals surface area contributed by atoms with Crippen LogP contribution in [0.25, 0.3) is 0 Å². The Balaban J connectivity index is 1.43. The molecule has 2 heterocycles. The van der Waals surface area contributed by atoms with Gasteiger partial charge in [-0.2, -0.15) is 0 Å². The molecule has 1 fully saturated rings. The van der Waals surface area contributed by atoms with E-state index in [1.54, 1.807) is 44.6 Å². The Morgan fingerprint density at radius 1 is 1.00 bits per heavy atom. The number of likely N-dealkylation sites (N-methyl/N-ethyl adjacent to an activating group) is 1. The Morgan fingerprint density at radius 2 is 1.77 bits per heavy atom. The van der Waals surface area contributed by atoms with E-state index in [0.717, 1.165) is 49.5 Å². The Hall–Kier alpha value is -5.01. The Morgan fingerprint density at radius 3 is 2.44 bits per heavy atom. The molecule has 0 aliphatic carbocycles. The molecule has 5 rings (SSSR count). The van der Waals surface area contributed by atoms with Gasteiger partial charge in [-0.05, 0) is 68.4 Å². The summed E-state index contributed by atoms with van der Waals surface area (Å²) in [5.74, 6) is 1.93. The van der Waals surface area contributed by atoms with Crippen molar-refractivity contribution >= 4 is 40.4 Å². The predicted octanol–water partition coefficient (Wildman–Crippen LogP) is 5.97. The molecule has 43 heavy (non-hydrogen) atoms. The summed E-state index contributed by atoms with van der Waals surface area (Å²) < 4.78 is 11.0. The SMILES string of the molecule is CCN1CCN(c2ccc(Nc3cc(N(C(=O)Nc4c(C)c#ccc4C)c4ccc(OC)cc4OC)ncn3)cc2)CC1. The van der Waals surface area contributed by atoms with Gasteiger partial charge in [0.2, 0.25) is 0 Å². The third-order valence-corrected chi connectivity index (χ3v) is 7.59. The predicted molar refractivity (Wildman–Crippen MR) is 170 cm³/mol. The van der Waals surface area contributed by atoms with Gasteiger partial charge in [0.05, 0.1) is 25.6 Å². The molecule has 2 N–H and O–H groups in total. The van der Waals surface area contributed by atoms with E-state index in [2.05, 4.69) is 61.6 Å². The summed E-state index contributed by atoms with van der Waals surface area (Å²) in [5, 5.41) is 6.38. The Bertz CT molecular complexity index is 1530. The minimum Gasteiger partial charge on any atom is -0.497 e. The second-order valence-corrected chi connectivity index (χ2v) is 10.3. The first-order chi connectivity index (χ1) is 20.9. The number of ether oxygens (including phenoxy) is 2. The van der Waals surface area contributed by atoms with Crippen molar-refractivity contribution in [3.8, 4) is 11.5 Å². The molecule has 0 saturated carbocycles. The zero-order valence-electron chi connectivity index (χ0n) is 25.3. The fourth-order valence-corrected chi connectivity index (χ4v) is 5.11. The van der Waals surface area contributed by atoms with E-state index in [1.165, 1.54) is 16.9 Å². The van der Waals surface area contributed by atoms with E-state index in [0.29, 0.717) is 34.5 Å². The lowest BCUT2D eigenvalue weighted by Gasteiger charge is -2.35. The number of rotatable bonds is 9. The third-order valence-electron chi connectivity index (χ3n) is 7.59. The van der Waals surface area contributed by atoms with Crippen LogP contribution in [0, 0.1) is 26.0 Å². The molecule has 222 valence electrons. The largest absolute Gasteiger partial charge is 0.497 e. The second-order valence-electron chi connectivity index (χ2n) is 10.3. The van der Waals surface area contributed by atoms with Gasteiger partial charge in [0.15, 0.2) is 0 Å². The van der Waals surface area contributed by atoms with Crippen molar-refractivity contribution in [1.82, 2.24) is 14.9 Å². The lowest BCUT2D eigenvalue weighted by Crippen LogP contribution is -2.46. The van der Waals surface area contributed by atoms with Gasteiger partial charge in [-0.15, -0.1) is 0 Å². The summed E-state index contributed by atoms with van der Waals surface area (Å²) in [6.07, 6.45) is 1.43. The number of piperazine rings is 1. The lowest BCUT2D eigenvalue weighted by atomic mass is 10.1. The van der Waals surface area contributed by atoms with Crippen molar-refractivity contribution in [2.75, 3.05) is 67.4 Å². The van der Waals surface area contributed by atoms with E-state index in [-0.39, 0.29) is 0 Å². The molecule has 4 aromatic rings. The van der Waals surface area contributed by atoms with Crippen LogP contribution in [0.1, 0.15) is 18.1 Å². The van der Waals surface area contributed by atoms with Crippen LogP contribution in [-0.4, -0.2) is 67.8 Å². The van der Waals surface area contributed by atoms with E-state index >= 15 is 0 Å². The van der Waals surface area contributed by atoms with Crippen LogP contribution >= 0.6 is 0 Å². The van der Waals surface area contributed by atoms with Gasteiger partial charge in [0.1, 0.15) is 29.5 Å². The third kappa shape index (κ3) is 6.74. The highest BCUT2D eigenvalue weighted by molar-refractivity contribution is 6.08. The fourth-order valence-electron chi connectivity index (χ4n) is 5.11. The molecule has 10 nitrogen and oxygen atoms in total. The number of methoxy groups -OCH3 is 2. The first-order valence-electron chi connectivity index (χ1n) is 14.3. The number of hydrogen-bond donors (Lipinski definition) is 2. The molecule has 1 aliphatic rings. The van der Waals surface area contributed by atoms with Gasteiger partial charge in [0.25, 0.3) is 0 Å². The maximum absolute atomic E-state index is 14.0. The maximum atomic E-state index is 14.0. The molecule has 10 heteroatoms. The molecule has 1 saturated heterocycles. The van der Waals surface area contributed by atoms with Crippen molar-refractivity contribution in [3.05, 3.63) is 84.2 Å². The molecule has 0 atom stereocenters. The van der Waals surface area contributed by atoms with Crippen LogP contribution in [0.5, 0.6) is 11.5 Å². The number of aromatic nitrogens is 2. The molecule has 1 aliphatic heterocycles. The highest BCUT2D eigenvalue weighted by Crippen LogP contribution is 2.37. The minimum absolute atomic E-state index is 0.352. The van der Waals surface area contributed by atoms with Crippen LogP contribution < -0.4 is 29.9 Å². The number of amides is 2. The normalized spacial score (nSPS) is 13.2. The molecule has 3 aromatic carbocycles. The maximum Gasteiger partial charge on any atom is 0.332 e. The number of anilines is 6. The summed E-state index contributed by atoms with van der Waals surface area (Å²) >= 11 is 0. The lowest BCUT2D eigenvalue weighted by molar-refractivity contribution is 0.258. The molecule has 2 amide bonds. The van der Waals surface area contributed by atoms with E-state index in [9.17, 15) is 4.79 Å². The van der Waals surface area contributed by atoms with Crippen molar-refractivity contribution in [2.45, 2.75) is 20.8 Å². The topological polar surface area (TPSA) is 95.1 Å². The van der Waals surface area contributed by atoms with Gasteiger partial charge in [0, 0.05) is 55.2 Å². The Kier molecular flexibility index (Phi) is 9.13. The van der Waals surface area contributed by atoms with E-state index < -0.39 is 6.03 Å². The summed E-state index contributed by atoms with van der Waals surface area (Å²) in [6.45, 7) is 11.3. The molecular formula is C33H37N7O3. The van der Waals surface area contributed by atoms with Crippen LogP contribution in [0.4, 0.5) is 39.2 Å². The van der Waals surface area contributed by atoms with Crippen molar-refractivity contribution in [1.29, 1.82) is 0 Å². The highest BCUT2D eigenvalue weighted by atomic mass is 16.5. The number of benzene rings is 2. The molecular weight excluding hydrogens is 542 g/mol. The first-order valence-corrected chi connectivity index (χ1v) is 14.3. The number of hydrogen-bond acceptors (Lipinski definition) is 8. The van der Waals surface area contributed by atoms with Crippen LogP contribution in [0.15, 0.2) is 60.9 Å². The standard InChI is InChI=1S/C33H37N7O3/c1-6-38-16-18-39(19-17-38)26-12-10-25(11-13-26)36-30-21-31(35-22-34-30)40(28-15-14-27(42-4)20-29(28)43-5)33(41)37-32-23(2)8-7-9-24(32)3/h8,10-15,20-22H,6,16-19H2,1-5H3,(H,37,41)(H,34,35,36). The van der Waals surface area contributed by atoms with Crippen LogP contribution in [0.3, 0.4) is 0 Å². The quantitative estimate of drug-likeness (QED) is 0.251. The average molecular weight is 580 g/mol. The number of urea groups is 1. The van der Waals surface area contributed by atoms with Crippen LogP contribution in [0.2, 0.25) is 0 Å². The zero-order valence-corrected chi connectivity index (χ0v) is 25.3. The summed E-state index contributed by atoms with van der Waals surface area (Å²) in [4.78, 5) is 29.2. The van der Waals surface area contributed by atoms with Crippen molar-refractivity contribution in [2.24, 2.45) is 0 Å². The van der Waals surface area contributed by atoms with Gasteiger partial charge < -0.3 is 29.9 Å². The average Bonchev–Trinajstić information content (AvgIpc) is 3.04. The van der Waals surface area contributed by atoms with Gasteiger partial charge in [-0.1, -0.05) is 19.1 Å². The van der Waals surface area contributed by atoms with Crippen LogP contribution in [-0.2, 0) is 0 Å². The van der Waals surface area contributed by atoms with E-state index in [1.807, 2.05) is 26.0 Å². The first kappa shape index (κ1) is 29.5. The number of carbonyl (C=O) groups excluding carboxylic acids is 1. The smallest absolute Gasteiger partial charge is 0.332 e. The number of aryl methyl sites for hydroxylation is 1. The summed E-state index contributed by atoms with van der Waals surface area (Å²) in [7, 11) is 3.12. The fraction of sp³-hybridized carbons (Fsp3) is 0.303. The van der Waals surface area contributed by atoms with Crippen molar-refractivity contribution < 1.29 is 14.3 Å². The summed E-state index contributed by atoms with van der Waals surface area (Å²) in [6, 6.07) is 22.6. The minimum atomic E-state index is -0.425. The molecule has 1 aromatic heterocycles. The number of nitrogens with one attached hydrogen (secondary N) is 2.